The Balaban J connectivity index is 5.00. The highest BCUT2D eigenvalue weighted by Crippen LogP contribution is 2.15. The summed E-state index contributed by atoms with van der Waals surface area (Å²) in [6.07, 6.45) is 0.786. The molecule has 6 heteroatoms. The Kier molecular flexibility index (Phi) is 7.59. The van der Waals surface area contributed by atoms with Gasteiger partial charge in [-0.25, -0.2) is 0 Å². The van der Waals surface area contributed by atoms with Crippen LogP contribution in [0, 0.1) is 11.8 Å². The van der Waals surface area contributed by atoms with Gasteiger partial charge in [0.1, 0.15) is 0 Å². The van der Waals surface area contributed by atoms with Gasteiger partial charge in [-0.15, -0.1) is 0 Å². The average molecular weight is 287 g/mol. The summed E-state index contributed by atoms with van der Waals surface area (Å²) in [6, 6.07) is 0. The molecule has 0 rings (SSSR count). The first-order valence-corrected chi connectivity index (χ1v) is 6.91. The fourth-order valence-corrected chi connectivity index (χ4v) is 2.15. The third kappa shape index (κ3) is 5.55. The fraction of sp³-hybridized carbons (Fsp3) is 0.769. The number of nitrogens with zero attached hydrogens (tertiary/aromatic N) is 2. The van der Waals surface area contributed by atoms with Crippen LogP contribution in [0.5, 0.6) is 0 Å². The molecule has 110 valence electrons. The highest BCUT2D eigenvalue weighted by atomic mass is 32.1. The predicted molar refractivity (Wildman–Crippen MR) is 80.7 cm³/mol. The van der Waals surface area contributed by atoms with Gasteiger partial charge in [0, 0.05) is 20.6 Å². The van der Waals surface area contributed by atoms with Crippen LogP contribution in [-0.4, -0.2) is 53.8 Å². The normalized spacial score (nSPS) is 12.1. The third-order valence-corrected chi connectivity index (χ3v) is 3.12. The van der Waals surface area contributed by atoms with Crippen molar-refractivity contribution in [2.24, 2.45) is 17.6 Å². The lowest BCUT2D eigenvalue weighted by Crippen LogP contribution is -2.47. The Bertz CT molecular complexity index is 343. The molecule has 1 unspecified atom stereocenters. The smallest absolute Gasteiger partial charge is 0.241 e. The van der Waals surface area contributed by atoms with Crippen molar-refractivity contribution in [1.82, 2.24) is 9.80 Å². The van der Waals surface area contributed by atoms with Crippen LogP contribution in [0.2, 0.25) is 0 Å². The molecule has 0 aromatic heterocycles. The Morgan fingerprint density at radius 3 is 2.11 bits per heavy atom. The van der Waals surface area contributed by atoms with Crippen LogP contribution in [0.15, 0.2) is 0 Å². The van der Waals surface area contributed by atoms with E-state index in [0.29, 0.717) is 6.54 Å². The molecule has 0 saturated heterocycles. The Hall–Kier alpha value is -1.17. The second-order valence-electron chi connectivity index (χ2n) is 5.17. The molecule has 19 heavy (non-hydrogen) atoms. The maximum Gasteiger partial charge on any atom is 0.241 e. The van der Waals surface area contributed by atoms with Crippen LogP contribution in [0.4, 0.5) is 0 Å². The van der Waals surface area contributed by atoms with Crippen molar-refractivity contribution in [3.63, 3.8) is 0 Å². The van der Waals surface area contributed by atoms with E-state index in [1.54, 1.807) is 19.0 Å². The van der Waals surface area contributed by atoms with Crippen molar-refractivity contribution in [3.05, 3.63) is 0 Å². The van der Waals surface area contributed by atoms with E-state index in [-0.39, 0.29) is 29.3 Å². The summed E-state index contributed by atoms with van der Waals surface area (Å²) in [5.74, 6) is -0.734. The number of nitrogens with two attached hydrogens (primary N) is 1. The van der Waals surface area contributed by atoms with E-state index in [1.165, 1.54) is 4.90 Å². The van der Waals surface area contributed by atoms with Gasteiger partial charge >= 0.3 is 0 Å². The van der Waals surface area contributed by atoms with Crippen molar-refractivity contribution in [1.29, 1.82) is 0 Å². The summed E-state index contributed by atoms with van der Waals surface area (Å²) in [4.78, 5) is 27.4. The molecule has 0 aliphatic rings. The quantitative estimate of drug-likeness (QED) is 0.706. The van der Waals surface area contributed by atoms with E-state index >= 15 is 0 Å². The lowest BCUT2D eigenvalue weighted by atomic mass is 9.94. The maximum absolute atomic E-state index is 12.5. The van der Waals surface area contributed by atoms with Crippen molar-refractivity contribution < 1.29 is 9.59 Å². The number of rotatable bonds is 7. The molecule has 2 amide bonds. The summed E-state index contributed by atoms with van der Waals surface area (Å²) in [5.41, 5.74) is 5.65. The summed E-state index contributed by atoms with van der Waals surface area (Å²) >= 11 is 4.97. The topological polar surface area (TPSA) is 66.6 Å². The van der Waals surface area contributed by atoms with E-state index in [4.69, 9.17) is 18.0 Å². The van der Waals surface area contributed by atoms with E-state index in [0.717, 1.165) is 6.42 Å². The minimum absolute atomic E-state index is 0.0267. The van der Waals surface area contributed by atoms with Crippen molar-refractivity contribution >= 4 is 29.0 Å². The van der Waals surface area contributed by atoms with Crippen LogP contribution in [0.1, 0.15) is 27.2 Å². The van der Waals surface area contributed by atoms with Crippen molar-refractivity contribution in [2.75, 3.05) is 27.2 Å². The molecule has 0 heterocycles. The average Bonchev–Trinajstić information content (AvgIpc) is 2.26. The second-order valence-corrected chi connectivity index (χ2v) is 5.64. The number of hydrogen-bond acceptors (Lipinski definition) is 3. The van der Waals surface area contributed by atoms with Crippen LogP contribution in [0.3, 0.4) is 0 Å². The number of hydrogen-bond donors (Lipinski definition) is 1. The van der Waals surface area contributed by atoms with E-state index in [2.05, 4.69) is 0 Å². The van der Waals surface area contributed by atoms with Crippen LogP contribution in [0.25, 0.3) is 0 Å². The van der Waals surface area contributed by atoms with Gasteiger partial charge in [-0.2, -0.15) is 0 Å². The van der Waals surface area contributed by atoms with Crippen molar-refractivity contribution in [2.45, 2.75) is 27.2 Å². The molecule has 1 atom stereocenters. The number of carbonyl (C=O) groups is 2. The first kappa shape index (κ1) is 17.8. The predicted octanol–water partition coefficient (Wildman–Crippen LogP) is 0.872. The maximum atomic E-state index is 12.5. The molecule has 0 aliphatic heterocycles. The van der Waals surface area contributed by atoms with Crippen LogP contribution in [-0.2, 0) is 9.59 Å². The van der Waals surface area contributed by atoms with Gasteiger partial charge in [0.05, 0.1) is 17.5 Å². The van der Waals surface area contributed by atoms with Gasteiger partial charge in [0.25, 0.3) is 0 Å². The summed E-state index contributed by atoms with van der Waals surface area (Å²) < 4.78 is 0. The first-order chi connectivity index (χ1) is 8.72. The van der Waals surface area contributed by atoms with Crippen LogP contribution >= 0.6 is 12.2 Å². The monoisotopic (exact) mass is 287 g/mol. The van der Waals surface area contributed by atoms with Gasteiger partial charge in [0.2, 0.25) is 11.8 Å². The molecular formula is C13H25N3O2S. The Morgan fingerprint density at radius 2 is 1.79 bits per heavy atom. The van der Waals surface area contributed by atoms with E-state index in [1.807, 2.05) is 20.8 Å². The Labute approximate surface area is 121 Å². The van der Waals surface area contributed by atoms with Gasteiger partial charge in [-0.05, 0) is 12.3 Å². The minimum atomic E-state index is -0.503. The minimum Gasteiger partial charge on any atom is -0.393 e. The number of thiocarbonyl (C=S) groups is 1. The van der Waals surface area contributed by atoms with Gasteiger partial charge < -0.3 is 15.5 Å². The number of likely N-dealkylation sites (N-methyl/N-ethyl adjacent to an activating group) is 1. The standard InChI is InChI=1S/C13H25N3O2S/c1-6-7-16(8-10(17)15(4)5)13(18)11(9(2)3)12(14)19/h9,11H,6-8H2,1-5H3,(H2,14,19). The molecule has 0 saturated carbocycles. The second kappa shape index (κ2) is 8.09. The number of amides is 2. The van der Waals surface area contributed by atoms with Crippen LogP contribution < -0.4 is 5.73 Å². The molecule has 2 N–H and O–H groups in total. The molecule has 0 spiro atoms. The SMILES string of the molecule is CCCN(CC(=O)N(C)C)C(=O)C(C(N)=S)C(C)C. The molecule has 0 aromatic rings. The molecule has 0 fully saturated rings. The fourth-order valence-electron chi connectivity index (χ4n) is 1.77. The first-order valence-electron chi connectivity index (χ1n) is 6.50. The number of carbonyl (C=O) groups excluding carboxylic acids is 2. The van der Waals surface area contributed by atoms with E-state index in [9.17, 15) is 9.59 Å². The molecular weight excluding hydrogens is 262 g/mol. The zero-order valence-electron chi connectivity index (χ0n) is 12.5. The molecule has 0 aromatic carbocycles. The van der Waals surface area contributed by atoms with Gasteiger partial charge in [0.15, 0.2) is 0 Å². The van der Waals surface area contributed by atoms with Crippen molar-refractivity contribution in [3.8, 4) is 0 Å². The molecule has 0 aliphatic carbocycles. The summed E-state index contributed by atoms with van der Waals surface area (Å²) in [6.45, 7) is 6.38. The molecule has 0 bridgehead atoms. The largest absolute Gasteiger partial charge is 0.393 e. The highest BCUT2D eigenvalue weighted by Gasteiger charge is 2.30. The third-order valence-electron chi connectivity index (χ3n) is 2.87. The van der Waals surface area contributed by atoms with Gasteiger partial charge in [-0.3, -0.25) is 9.59 Å². The lowest BCUT2D eigenvalue weighted by molar-refractivity contribution is -0.141. The zero-order chi connectivity index (χ0) is 15.2. The van der Waals surface area contributed by atoms with Gasteiger partial charge in [-0.1, -0.05) is 33.0 Å². The summed E-state index contributed by atoms with van der Waals surface area (Å²) in [7, 11) is 3.34. The zero-order valence-corrected chi connectivity index (χ0v) is 13.3. The Morgan fingerprint density at radius 1 is 1.26 bits per heavy atom. The summed E-state index contributed by atoms with van der Waals surface area (Å²) in [5, 5.41) is 0. The highest BCUT2D eigenvalue weighted by molar-refractivity contribution is 7.80. The molecule has 0 radical (unpaired) electrons. The van der Waals surface area contributed by atoms with E-state index < -0.39 is 5.92 Å². The lowest BCUT2D eigenvalue weighted by Gasteiger charge is -2.29. The molecule has 5 nitrogen and oxygen atoms in total.